The molecule has 0 fully saturated rings. The second-order valence-electron chi connectivity index (χ2n) is 24.3. The minimum absolute atomic E-state index is 0.0314. The maximum absolute atomic E-state index is 15.0. The van der Waals surface area contributed by atoms with Crippen molar-refractivity contribution in [2.24, 2.45) is 11.8 Å². The Kier molecular flexibility index (Phi) is 36.7. The van der Waals surface area contributed by atoms with Gasteiger partial charge in [0.05, 0.1) is 31.7 Å². The zero-order valence-corrected chi connectivity index (χ0v) is 61.0. The van der Waals surface area contributed by atoms with E-state index in [0.29, 0.717) is 22.3 Å². The average Bonchev–Trinajstić information content (AvgIpc) is 0.828. The van der Waals surface area contributed by atoms with Crippen LogP contribution in [0.1, 0.15) is 113 Å². The molecule has 0 saturated heterocycles. The lowest BCUT2D eigenvalue weighted by atomic mass is 9.94. The summed E-state index contributed by atoms with van der Waals surface area (Å²) in [6.07, 6.45) is -2.56. The number of ketones is 2. The van der Waals surface area contributed by atoms with Crippen LogP contribution in [-0.2, 0) is 123 Å². The molecule has 7 rings (SSSR count). The third-order valence-electron chi connectivity index (χ3n) is 15.8. The van der Waals surface area contributed by atoms with E-state index in [1.165, 1.54) is 6.07 Å². The number of nitrogens with one attached hydrogen (secondary N) is 4. The van der Waals surface area contributed by atoms with Crippen LogP contribution in [0.3, 0.4) is 0 Å². The molecule has 8 atom stereocenters. The van der Waals surface area contributed by atoms with Crippen molar-refractivity contribution in [3.63, 3.8) is 0 Å². The van der Waals surface area contributed by atoms with Crippen molar-refractivity contribution in [2.75, 3.05) is 13.2 Å². The molecule has 7 aromatic rings. The van der Waals surface area contributed by atoms with Crippen LogP contribution in [0.5, 0.6) is 0 Å². The Morgan fingerprint density at radius 3 is 1.20 bits per heavy atom. The summed E-state index contributed by atoms with van der Waals surface area (Å²) in [6.45, 7) is -2.83. The van der Waals surface area contributed by atoms with Gasteiger partial charge in [0.1, 0.15) is 38.5 Å². The van der Waals surface area contributed by atoms with E-state index in [9.17, 15) is 90.6 Å². The molecule has 32 nitrogen and oxygen atoms in total. The summed E-state index contributed by atoms with van der Waals surface area (Å²) in [6, 6.07) is 41.2. The number of hydrogen-bond acceptors (Lipinski definition) is 23. The van der Waals surface area contributed by atoms with Gasteiger partial charge >= 0.3 is 63.2 Å². The molecule has 5 aromatic carbocycles. The Balaban J connectivity index is 0.000000426. The standard InChI is InChI=1S/C55H55FN3O13P.C20H25FN3O13P/c56-50-29-26-46(33-57-50)49(60)32-45(53(63)68-35-41-18-8-2-9-19-41)27-30-51(61)58-48(55(65)70-37-43-22-12-4-13-23-43)39-72-73(66,71-38-44-24-14-5-15-25-44)59-47(54(64)69-36-42-20-10-3-11-21-42)28-31-52(62)67-34-40-16-6-1-7-17-40;21-15-4-1-11(8-22-15)14(25)7-10(18(29)30)2-5-16(26)23-13(20(33)34)9-37-38(35,36)24-12(19(31)32)3-6-17(27)28/h1-26,29,33,45,47-48H,27-28,30-32,34-39H2,(H,58,61)(H,59,66);1,4,8,10,12-13H,2-3,5-7,9H2,(H,23,26)(H,27,28)(H,29,30)(H,31,32)(H,33,34)(H2,24,35,36). The van der Waals surface area contributed by atoms with E-state index < -0.39 is 193 Å². The van der Waals surface area contributed by atoms with Gasteiger partial charge in [-0.3, -0.25) is 61.5 Å². The molecular weight excluding hydrogens is 1500 g/mol. The monoisotopic (exact) mass is 1580 g/mol. The topological polar surface area (TPSA) is 479 Å². The quantitative estimate of drug-likeness (QED) is 0.00566. The first-order valence-corrected chi connectivity index (χ1v) is 37.2. The first kappa shape index (κ1) is 88.4. The minimum atomic E-state index is -4.97. The van der Waals surface area contributed by atoms with Gasteiger partial charge in [-0.25, -0.2) is 38.9 Å². The second-order valence-corrected chi connectivity index (χ2v) is 27.7. The lowest BCUT2D eigenvalue weighted by molar-refractivity contribution is -0.151. The number of carbonyl (C=O) groups is 12. The number of rotatable bonds is 47. The summed E-state index contributed by atoms with van der Waals surface area (Å²) < 4.78 is 92.1. The number of ether oxygens (including phenoxy) is 4. The lowest BCUT2D eigenvalue weighted by Gasteiger charge is -2.26. The summed E-state index contributed by atoms with van der Waals surface area (Å²) in [5.41, 5.74) is 3.20. The summed E-state index contributed by atoms with van der Waals surface area (Å²) in [7, 11) is -9.72. The van der Waals surface area contributed by atoms with E-state index in [4.69, 9.17) is 38.2 Å². The van der Waals surface area contributed by atoms with Crippen LogP contribution in [0.2, 0.25) is 0 Å². The molecule has 2 heterocycles. The van der Waals surface area contributed by atoms with Gasteiger partial charge in [0.25, 0.3) is 0 Å². The molecule has 111 heavy (non-hydrogen) atoms. The smallest absolute Gasteiger partial charge is 0.406 e. The predicted molar refractivity (Wildman–Crippen MR) is 384 cm³/mol. The summed E-state index contributed by atoms with van der Waals surface area (Å²) in [5.74, 6) is -16.8. The van der Waals surface area contributed by atoms with E-state index >= 15 is 0 Å². The van der Waals surface area contributed by atoms with Crippen LogP contribution in [0.25, 0.3) is 0 Å². The SMILES string of the molecule is O=C(CCC(CC(=O)c1ccc(F)nc1)C(=O)OCc1ccccc1)NC(COP(=O)(NC(CCC(=O)OCc1ccccc1)C(=O)OCc1ccccc1)OCc1ccccc1)C(=O)OCc1ccccc1.O=C(O)CCC(NP(=O)(O)OCC(NC(=O)CCC(CC(=O)c1ccc(F)nc1)C(=O)O)C(=O)O)C(=O)O. The first-order valence-electron chi connectivity index (χ1n) is 34.1. The lowest BCUT2D eigenvalue weighted by Crippen LogP contribution is -2.45. The van der Waals surface area contributed by atoms with Gasteiger partial charge in [-0.05, 0) is 77.8 Å². The normalized spacial score (nSPS) is 13.6. The Hall–Kier alpha value is -11.5. The van der Waals surface area contributed by atoms with E-state index in [1.54, 1.807) is 151 Å². The second kappa shape index (κ2) is 46.1. The number of pyridine rings is 2. The third-order valence-corrected chi connectivity index (χ3v) is 18.5. The molecule has 590 valence electrons. The number of aliphatic carboxylic acids is 4. The van der Waals surface area contributed by atoms with Crippen LogP contribution in [-0.4, -0.2) is 144 Å². The predicted octanol–water partition coefficient (Wildman–Crippen LogP) is 8.60. The molecule has 8 unspecified atom stereocenters. The van der Waals surface area contributed by atoms with E-state index in [0.717, 1.165) is 36.2 Å². The number of halogens is 2. The molecule has 0 aliphatic rings. The highest BCUT2D eigenvalue weighted by atomic mass is 31.2. The van der Waals surface area contributed by atoms with Crippen LogP contribution < -0.4 is 20.8 Å². The van der Waals surface area contributed by atoms with Crippen molar-refractivity contribution in [3.8, 4) is 0 Å². The molecule has 2 aromatic heterocycles. The fourth-order valence-corrected chi connectivity index (χ4v) is 12.4. The molecule has 2 amide bonds. The van der Waals surface area contributed by atoms with Gasteiger partial charge in [0.2, 0.25) is 23.7 Å². The molecule has 0 bridgehead atoms. The number of aromatic nitrogens is 2. The van der Waals surface area contributed by atoms with Crippen molar-refractivity contribution < 1.29 is 133 Å². The fraction of sp³-hybridized carbons (Fsp3) is 0.307. The molecular formula is C75H80F2N6O26P2. The Bertz CT molecular complexity index is 4340. The van der Waals surface area contributed by atoms with Crippen molar-refractivity contribution in [2.45, 2.75) is 121 Å². The highest BCUT2D eigenvalue weighted by Gasteiger charge is 2.38. The van der Waals surface area contributed by atoms with Gasteiger partial charge in [-0.2, -0.15) is 8.78 Å². The number of carboxylic acid groups (broad SMARTS) is 4. The maximum Gasteiger partial charge on any atom is 0.406 e. The van der Waals surface area contributed by atoms with Crippen LogP contribution in [0, 0.1) is 23.7 Å². The van der Waals surface area contributed by atoms with E-state index in [2.05, 4.69) is 24.9 Å². The number of carboxylic acids is 4. The zero-order valence-electron chi connectivity index (χ0n) is 59.2. The summed E-state index contributed by atoms with van der Waals surface area (Å²) in [4.78, 5) is 167. The van der Waals surface area contributed by atoms with Gasteiger partial charge < -0.3 is 54.9 Å². The molecule has 9 N–H and O–H groups in total. The van der Waals surface area contributed by atoms with Crippen molar-refractivity contribution >= 4 is 86.6 Å². The molecule has 0 saturated carbocycles. The van der Waals surface area contributed by atoms with Gasteiger partial charge in [-0.15, -0.1) is 0 Å². The van der Waals surface area contributed by atoms with Crippen LogP contribution in [0.15, 0.2) is 188 Å². The number of esters is 4. The number of amides is 2. The summed E-state index contributed by atoms with van der Waals surface area (Å²) in [5, 5.41) is 45.0. The average molecular weight is 1580 g/mol. The molecule has 0 spiro atoms. The number of nitrogens with zero attached hydrogens (tertiary/aromatic N) is 2. The van der Waals surface area contributed by atoms with Crippen molar-refractivity contribution in [1.82, 2.24) is 30.8 Å². The number of Topliss-reactive ketones (excluding diaryl/α,β-unsaturated/α-hetero) is 2. The van der Waals surface area contributed by atoms with Crippen molar-refractivity contribution in [1.29, 1.82) is 0 Å². The highest BCUT2D eigenvalue weighted by Crippen LogP contribution is 2.46. The third kappa shape index (κ3) is 33.9. The number of carbonyl (C=O) groups excluding carboxylic acids is 8. The largest absolute Gasteiger partial charge is 0.481 e. The number of hydrogen-bond donors (Lipinski definition) is 9. The van der Waals surface area contributed by atoms with Crippen molar-refractivity contribution in [3.05, 3.63) is 239 Å². The molecule has 0 aliphatic carbocycles. The molecule has 0 aliphatic heterocycles. The first-order chi connectivity index (χ1) is 53.0. The highest BCUT2D eigenvalue weighted by molar-refractivity contribution is 7.51. The Morgan fingerprint density at radius 2 is 0.775 bits per heavy atom. The maximum atomic E-state index is 15.0. The Labute approximate surface area is 633 Å². The van der Waals surface area contributed by atoms with E-state index in [-0.39, 0.29) is 63.4 Å². The van der Waals surface area contributed by atoms with Gasteiger partial charge in [0.15, 0.2) is 23.7 Å². The van der Waals surface area contributed by atoms with E-state index in [1.807, 2.05) is 11.4 Å². The van der Waals surface area contributed by atoms with Gasteiger partial charge in [-0.1, -0.05) is 152 Å². The fourth-order valence-electron chi connectivity index (χ4n) is 9.81. The van der Waals surface area contributed by atoms with Crippen LogP contribution >= 0.6 is 15.5 Å². The van der Waals surface area contributed by atoms with Gasteiger partial charge in [0, 0.05) is 62.0 Å². The van der Waals surface area contributed by atoms with Crippen LogP contribution in [0.4, 0.5) is 8.78 Å². The Morgan fingerprint density at radius 1 is 0.387 bits per heavy atom. The molecule has 0 radical (unpaired) electrons. The molecule has 36 heteroatoms. The minimum Gasteiger partial charge on any atom is -0.481 e. The summed E-state index contributed by atoms with van der Waals surface area (Å²) >= 11 is 0. The zero-order chi connectivity index (χ0) is 80.7. The number of benzene rings is 5.